The van der Waals surface area contributed by atoms with E-state index in [2.05, 4.69) is 17.1 Å². The summed E-state index contributed by atoms with van der Waals surface area (Å²) in [4.78, 5) is 5.97. The molecular formula is C13H10ClFN2. The lowest BCUT2D eigenvalue weighted by molar-refractivity contribution is 0.611. The molecule has 4 heteroatoms. The molecular weight excluding hydrogens is 239 g/mol. The number of hydrogen-bond donors (Lipinski definition) is 0. The third kappa shape index (κ3) is 1.87. The van der Waals surface area contributed by atoms with Crippen LogP contribution in [0.4, 0.5) is 10.2 Å². The molecule has 0 spiro atoms. The number of nitrogens with zero attached hydrogens (tertiary/aromatic N) is 2. The van der Waals surface area contributed by atoms with E-state index in [4.69, 9.17) is 11.6 Å². The summed E-state index contributed by atoms with van der Waals surface area (Å²) in [5.41, 5.74) is 2.45. The fourth-order valence-corrected chi connectivity index (χ4v) is 2.27. The summed E-state index contributed by atoms with van der Waals surface area (Å²) < 4.78 is 13.7. The van der Waals surface area contributed by atoms with Crippen molar-refractivity contribution in [2.75, 3.05) is 4.90 Å². The average Bonchev–Trinajstić information content (AvgIpc) is 2.72. The highest BCUT2D eigenvalue weighted by Gasteiger charge is 2.21. The van der Waals surface area contributed by atoms with Gasteiger partial charge in [-0.3, -0.25) is 0 Å². The van der Waals surface area contributed by atoms with Crippen LogP contribution >= 0.6 is 11.6 Å². The lowest BCUT2D eigenvalue weighted by Gasteiger charge is -2.16. The van der Waals surface area contributed by atoms with Crippen molar-refractivity contribution in [2.45, 2.75) is 13.1 Å². The van der Waals surface area contributed by atoms with Crippen molar-refractivity contribution in [2.24, 2.45) is 0 Å². The second-order valence-corrected chi connectivity index (χ2v) is 4.52. The van der Waals surface area contributed by atoms with E-state index in [0.29, 0.717) is 23.9 Å². The molecule has 0 atom stereocenters. The molecule has 0 amide bonds. The third-order valence-corrected chi connectivity index (χ3v) is 3.14. The molecule has 86 valence electrons. The quantitative estimate of drug-likeness (QED) is 0.769. The number of rotatable bonds is 1. The van der Waals surface area contributed by atoms with Gasteiger partial charge in [0.2, 0.25) is 0 Å². The number of aromatic nitrogens is 1. The predicted molar refractivity (Wildman–Crippen MR) is 65.5 cm³/mol. The van der Waals surface area contributed by atoms with Gasteiger partial charge in [-0.2, -0.15) is 0 Å². The molecule has 3 rings (SSSR count). The van der Waals surface area contributed by atoms with Crippen LogP contribution in [0.5, 0.6) is 0 Å². The predicted octanol–water partition coefficient (Wildman–Crippen LogP) is 3.39. The third-order valence-electron chi connectivity index (χ3n) is 2.93. The number of fused-ring (bicyclic) bond motifs is 1. The van der Waals surface area contributed by atoms with Crippen LogP contribution in [0.15, 0.2) is 36.5 Å². The Morgan fingerprint density at radius 2 is 1.82 bits per heavy atom. The van der Waals surface area contributed by atoms with E-state index in [1.165, 1.54) is 23.4 Å². The molecule has 0 aliphatic carbocycles. The van der Waals surface area contributed by atoms with Gasteiger partial charge in [0.1, 0.15) is 0 Å². The second-order valence-electron chi connectivity index (χ2n) is 4.08. The number of pyridine rings is 1. The monoisotopic (exact) mass is 248 g/mol. The van der Waals surface area contributed by atoms with Gasteiger partial charge in [-0.1, -0.05) is 35.9 Å². The highest BCUT2D eigenvalue weighted by Crippen LogP contribution is 2.29. The summed E-state index contributed by atoms with van der Waals surface area (Å²) in [6.45, 7) is 1.39. The maximum absolute atomic E-state index is 13.7. The van der Waals surface area contributed by atoms with Gasteiger partial charge in [-0.15, -0.1) is 0 Å². The molecule has 0 fully saturated rings. The molecule has 17 heavy (non-hydrogen) atoms. The summed E-state index contributed by atoms with van der Waals surface area (Å²) in [6.07, 6.45) is 1.48. The zero-order valence-electron chi connectivity index (χ0n) is 9.03. The normalized spacial score (nSPS) is 13.9. The van der Waals surface area contributed by atoms with Crippen molar-refractivity contribution < 1.29 is 4.39 Å². The van der Waals surface area contributed by atoms with Gasteiger partial charge in [0.25, 0.3) is 0 Å². The number of halogens is 2. The van der Waals surface area contributed by atoms with E-state index in [1.54, 1.807) is 0 Å². The molecule has 1 aliphatic heterocycles. The fourth-order valence-electron chi connectivity index (χ4n) is 2.12. The maximum Gasteiger partial charge on any atom is 0.167 e. The van der Waals surface area contributed by atoms with Crippen LogP contribution < -0.4 is 4.90 Å². The zero-order valence-corrected chi connectivity index (χ0v) is 9.78. The number of hydrogen-bond acceptors (Lipinski definition) is 2. The first kappa shape index (κ1) is 10.5. The Bertz CT molecular complexity index is 546. The second kappa shape index (κ2) is 4.00. The van der Waals surface area contributed by atoms with Gasteiger partial charge < -0.3 is 4.90 Å². The van der Waals surface area contributed by atoms with Gasteiger partial charge >= 0.3 is 0 Å². The number of benzene rings is 1. The smallest absolute Gasteiger partial charge is 0.167 e. The molecule has 0 radical (unpaired) electrons. The lowest BCUT2D eigenvalue weighted by atomic mass is 10.1. The van der Waals surface area contributed by atoms with E-state index in [-0.39, 0.29) is 5.82 Å². The van der Waals surface area contributed by atoms with E-state index in [0.717, 1.165) is 0 Å². The van der Waals surface area contributed by atoms with Gasteiger partial charge in [-0.05, 0) is 17.2 Å². The Morgan fingerprint density at radius 1 is 1.18 bits per heavy atom. The molecule has 1 aromatic heterocycles. The molecule has 1 aliphatic rings. The van der Waals surface area contributed by atoms with Gasteiger partial charge in [0.05, 0.1) is 5.02 Å². The summed E-state index contributed by atoms with van der Waals surface area (Å²) in [5.74, 6) is -0.00379. The fraction of sp³-hybridized carbons (Fsp3) is 0.154. The summed E-state index contributed by atoms with van der Waals surface area (Å²) in [6, 6.07) is 9.40. The van der Waals surface area contributed by atoms with Crippen LogP contribution in [0.3, 0.4) is 0 Å². The minimum atomic E-state index is -0.370. The van der Waals surface area contributed by atoms with Crippen molar-refractivity contribution in [1.29, 1.82) is 0 Å². The number of anilines is 1. The van der Waals surface area contributed by atoms with Crippen molar-refractivity contribution in [3.05, 3.63) is 58.5 Å². The lowest BCUT2D eigenvalue weighted by Crippen LogP contribution is -2.17. The van der Waals surface area contributed by atoms with E-state index >= 15 is 0 Å². The van der Waals surface area contributed by atoms with Crippen LogP contribution in [0.25, 0.3) is 0 Å². The Balaban J connectivity index is 1.94. The molecule has 2 heterocycles. The minimum absolute atomic E-state index is 0.322. The summed E-state index contributed by atoms with van der Waals surface area (Å²) in [7, 11) is 0. The Kier molecular flexibility index (Phi) is 2.48. The van der Waals surface area contributed by atoms with Gasteiger partial charge in [0, 0.05) is 19.3 Å². The van der Waals surface area contributed by atoms with Crippen molar-refractivity contribution >= 4 is 17.4 Å². The SMILES string of the molecule is Fc1cc(Cl)cnc1N1Cc2ccccc2C1. The molecule has 0 N–H and O–H groups in total. The Labute approximate surface area is 104 Å². The van der Waals surface area contributed by atoms with Crippen LogP contribution in [0, 0.1) is 5.82 Å². The molecule has 2 nitrogen and oxygen atoms in total. The molecule has 0 bridgehead atoms. The topological polar surface area (TPSA) is 16.1 Å². The summed E-state index contributed by atoms with van der Waals surface area (Å²) >= 11 is 5.69. The molecule has 2 aromatic rings. The van der Waals surface area contributed by atoms with E-state index in [1.807, 2.05) is 17.0 Å². The largest absolute Gasteiger partial charge is 0.346 e. The molecule has 0 unspecified atom stereocenters. The minimum Gasteiger partial charge on any atom is -0.346 e. The first-order valence-corrected chi connectivity index (χ1v) is 5.74. The van der Waals surface area contributed by atoms with E-state index < -0.39 is 0 Å². The van der Waals surface area contributed by atoms with Gasteiger partial charge in [0.15, 0.2) is 11.6 Å². The van der Waals surface area contributed by atoms with Crippen molar-refractivity contribution in [3.63, 3.8) is 0 Å². The van der Waals surface area contributed by atoms with Gasteiger partial charge in [-0.25, -0.2) is 9.37 Å². The first-order valence-electron chi connectivity index (χ1n) is 5.37. The molecule has 0 saturated heterocycles. The Hall–Kier alpha value is -1.61. The summed E-state index contributed by atoms with van der Waals surface area (Å²) in [5, 5.41) is 0.322. The maximum atomic E-state index is 13.7. The van der Waals surface area contributed by atoms with Crippen LogP contribution in [-0.4, -0.2) is 4.98 Å². The molecule has 0 saturated carbocycles. The first-order chi connectivity index (χ1) is 8.24. The highest BCUT2D eigenvalue weighted by molar-refractivity contribution is 6.30. The van der Waals surface area contributed by atoms with Crippen LogP contribution in [0.2, 0.25) is 5.02 Å². The standard InChI is InChI=1S/C13H10ClFN2/c14-11-5-12(15)13(16-6-11)17-7-9-3-1-2-4-10(9)8-17/h1-6H,7-8H2. The Morgan fingerprint density at radius 3 is 2.41 bits per heavy atom. The average molecular weight is 249 g/mol. The van der Waals surface area contributed by atoms with E-state index in [9.17, 15) is 4.39 Å². The molecule has 1 aromatic carbocycles. The van der Waals surface area contributed by atoms with Crippen molar-refractivity contribution in [1.82, 2.24) is 4.98 Å². The van der Waals surface area contributed by atoms with Crippen molar-refractivity contribution in [3.8, 4) is 0 Å². The highest BCUT2D eigenvalue weighted by atomic mass is 35.5. The van der Waals surface area contributed by atoms with Crippen LogP contribution in [-0.2, 0) is 13.1 Å². The zero-order chi connectivity index (χ0) is 11.8. The van der Waals surface area contributed by atoms with Crippen LogP contribution in [0.1, 0.15) is 11.1 Å².